The minimum absolute atomic E-state index is 0.0375. The summed E-state index contributed by atoms with van der Waals surface area (Å²) in [6, 6.07) is 3.57. The van der Waals surface area contributed by atoms with Gasteiger partial charge in [-0.3, -0.25) is 9.79 Å². The Morgan fingerprint density at radius 1 is 1.34 bits per heavy atom. The number of anilines is 1. The molecule has 35 heavy (non-hydrogen) atoms. The number of fused-ring (bicyclic) bond motifs is 1. The number of nitrogens with one attached hydrogen (secondary N) is 1. The third kappa shape index (κ3) is 4.75. The molecule has 0 unspecified atom stereocenters. The number of alkyl halides is 5. The van der Waals surface area contributed by atoms with Gasteiger partial charge in [-0.15, -0.1) is 0 Å². The molecule has 3 heterocycles. The summed E-state index contributed by atoms with van der Waals surface area (Å²) in [6.45, 7) is -0.577. The van der Waals surface area contributed by atoms with Crippen molar-refractivity contribution in [3.05, 3.63) is 47.8 Å². The number of carbonyl (C=O) groups is 1. The lowest BCUT2D eigenvalue weighted by Crippen LogP contribution is -2.37. The van der Waals surface area contributed by atoms with Crippen LogP contribution in [0.1, 0.15) is 29.4 Å². The number of halogens is 6. The zero-order chi connectivity index (χ0) is 25.6. The van der Waals surface area contributed by atoms with Gasteiger partial charge in [0.1, 0.15) is 18.1 Å². The number of hydrogen-bond donors (Lipinski definition) is 2. The number of ether oxygens (including phenoxy) is 1. The van der Waals surface area contributed by atoms with Gasteiger partial charge in [0.25, 0.3) is 5.91 Å². The zero-order valence-electron chi connectivity index (χ0n) is 18.1. The molecule has 0 radical (unpaired) electrons. The van der Waals surface area contributed by atoms with Crippen molar-refractivity contribution in [1.82, 2.24) is 9.97 Å². The Balaban J connectivity index is 1.48. The van der Waals surface area contributed by atoms with Crippen molar-refractivity contribution >= 4 is 28.5 Å². The molecule has 188 valence electrons. The molecule has 14 heteroatoms. The van der Waals surface area contributed by atoms with Gasteiger partial charge >= 0.3 is 12.3 Å². The van der Waals surface area contributed by atoms with E-state index in [0.717, 1.165) is 36.3 Å². The number of thioether (sulfide) groups is 1. The van der Waals surface area contributed by atoms with Crippen LogP contribution in [-0.2, 0) is 5.54 Å². The number of rotatable bonds is 8. The molecule has 0 bridgehead atoms. The van der Waals surface area contributed by atoms with E-state index >= 15 is 0 Å². The molecule has 3 N–H and O–H groups in total. The summed E-state index contributed by atoms with van der Waals surface area (Å²) in [4.78, 5) is 24.4. The lowest BCUT2D eigenvalue weighted by Gasteiger charge is -2.33. The molecule has 1 saturated carbocycles. The van der Waals surface area contributed by atoms with Crippen molar-refractivity contribution in [2.24, 2.45) is 16.6 Å². The summed E-state index contributed by atoms with van der Waals surface area (Å²) < 4.78 is 82.6. The molecule has 2 aliphatic rings. The normalized spacial score (nSPS) is 25.6. The lowest BCUT2D eigenvalue weighted by atomic mass is 9.86. The second kappa shape index (κ2) is 8.88. The Bertz CT molecular complexity index is 1170. The van der Waals surface area contributed by atoms with Crippen LogP contribution in [0.15, 0.2) is 35.6 Å². The van der Waals surface area contributed by atoms with Crippen LogP contribution in [0.3, 0.4) is 0 Å². The van der Waals surface area contributed by atoms with E-state index in [2.05, 4.69) is 25.0 Å². The molecule has 2 aromatic heterocycles. The summed E-state index contributed by atoms with van der Waals surface area (Å²) in [5, 5.41) is 2.62. The molecule has 2 aromatic rings. The maximum absolute atomic E-state index is 14.7. The average molecular weight is 519 g/mol. The van der Waals surface area contributed by atoms with E-state index in [-0.39, 0.29) is 33.8 Å². The van der Waals surface area contributed by atoms with Crippen molar-refractivity contribution in [2.75, 3.05) is 18.6 Å². The molecule has 0 spiro atoms. The van der Waals surface area contributed by atoms with Gasteiger partial charge in [0.2, 0.25) is 5.95 Å². The molecule has 3 atom stereocenters. The minimum Gasteiger partial charge on any atom is -0.485 e. The van der Waals surface area contributed by atoms with E-state index in [0.29, 0.717) is 6.42 Å². The smallest absolute Gasteiger partial charge is 0.340 e. The second-order valence-electron chi connectivity index (χ2n) is 8.40. The topological polar surface area (TPSA) is 102 Å². The second-order valence-corrected chi connectivity index (χ2v) is 9.84. The number of pyridine rings is 2. The SMILES string of the molecule is C[C@@]1(c2cc(NC(=O)c3ccc(OCC(F)(F)C(F)F)cn3)cnc2F)N=C(N)S[C@@]2(CF)C[C@H]21. The molecule has 1 fully saturated rings. The van der Waals surface area contributed by atoms with E-state index in [1.54, 1.807) is 6.92 Å². The molecular weight excluding hydrogens is 500 g/mol. The van der Waals surface area contributed by atoms with E-state index in [4.69, 9.17) is 5.73 Å². The fraction of sp³-hybridized carbons (Fsp3) is 0.429. The highest BCUT2D eigenvalue weighted by Crippen LogP contribution is 2.66. The van der Waals surface area contributed by atoms with Gasteiger partial charge in [-0.25, -0.2) is 23.1 Å². The van der Waals surface area contributed by atoms with Gasteiger partial charge in [0.15, 0.2) is 11.8 Å². The molecule has 4 rings (SSSR count). The van der Waals surface area contributed by atoms with Crippen LogP contribution in [-0.4, -0.2) is 51.4 Å². The van der Waals surface area contributed by atoms with Gasteiger partial charge in [-0.05, 0) is 31.5 Å². The first-order valence-electron chi connectivity index (χ1n) is 10.2. The van der Waals surface area contributed by atoms with Gasteiger partial charge < -0.3 is 15.8 Å². The summed E-state index contributed by atoms with van der Waals surface area (Å²) >= 11 is 1.13. The van der Waals surface area contributed by atoms with Crippen molar-refractivity contribution < 1.29 is 35.9 Å². The summed E-state index contributed by atoms with van der Waals surface area (Å²) in [6.07, 6.45) is -1.44. The van der Waals surface area contributed by atoms with Crippen LogP contribution in [0.2, 0.25) is 0 Å². The first-order chi connectivity index (χ1) is 16.4. The molecule has 1 aliphatic carbocycles. The van der Waals surface area contributed by atoms with E-state index in [1.165, 1.54) is 6.07 Å². The number of amides is 1. The van der Waals surface area contributed by atoms with Crippen molar-refractivity contribution in [3.8, 4) is 5.75 Å². The Morgan fingerprint density at radius 3 is 2.71 bits per heavy atom. The highest BCUT2D eigenvalue weighted by Gasteiger charge is 2.67. The maximum Gasteiger partial charge on any atom is 0.340 e. The number of nitrogens with zero attached hydrogens (tertiary/aromatic N) is 3. The Hall–Kier alpha value is -3.03. The van der Waals surface area contributed by atoms with Crippen molar-refractivity contribution in [1.29, 1.82) is 0 Å². The monoisotopic (exact) mass is 519 g/mol. The van der Waals surface area contributed by atoms with Gasteiger partial charge in [-0.2, -0.15) is 13.2 Å². The van der Waals surface area contributed by atoms with Crippen LogP contribution in [0.5, 0.6) is 5.75 Å². The molecule has 0 aromatic carbocycles. The first-order valence-corrected chi connectivity index (χ1v) is 11.0. The highest BCUT2D eigenvalue weighted by molar-refractivity contribution is 8.15. The number of amidine groups is 1. The summed E-state index contributed by atoms with van der Waals surface area (Å²) in [5.74, 6) is -6.48. The van der Waals surface area contributed by atoms with Crippen molar-refractivity contribution in [2.45, 2.75) is 36.0 Å². The quantitative estimate of drug-likeness (QED) is 0.401. The Labute approximate surface area is 199 Å². The maximum atomic E-state index is 14.7. The number of aromatic nitrogens is 2. The van der Waals surface area contributed by atoms with Crippen LogP contribution < -0.4 is 15.8 Å². The summed E-state index contributed by atoms with van der Waals surface area (Å²) in [5.41, 5.74) is 4.67. The Morgan fingerprint density at radius 2 is 2.09 bits per heavy atom. The van der Waals surface area contributed by atoms with E-state index in [1.807, 2.05) is 0 Å². The fourth-order valence-electron chi connectivity index (χ4n) is 3.98. The third-order valence-corrected chi connectivity index (χ3v) is 7.21. The number of carbonyl (C=O) groups excluding carboxylic acids is 1. The molecule has 7 nitrogen and oxygen atoms in total. The highest BCUT2D eigenvalue weighted by atomic mass is 32.2. The molecule has 1 amide bonds. The molecular formula is C21H19F6N5O2S. The fourth-order valence-corrected chi connectivity index (χ4v) is 5.31. The number of hydrogen-bond acceptors (Lipinski definition) is 7. The minimum atomic E-state index is -4.34. The van der Waals surface area contributed by atoms with Crippen molar-refractivity contribution in [3.63, 3.8) is 0 Å². The zero-order valence-corrected chi connectivity index (χ0v) is 18.9. The summed E-state index contributed by atoms with van der Waals surface area (Å²) in [7, 11) is 0. The van der Waals surface area contributed by atoms with Gasteiger partial charge in [0, 0.05) is 11.5 Å². The standard InChI is InChI=1S/C21H19F6N5O2S/c1-19(14-5-20(14,8-22)35-18(28)32-19)12-4-10(6-30-15(12)23)31-16(33)13-3-2-11(7-29-13)34-9-21(26,27)17(24)25/h2-4,6-7,14,17H,5,8-9H2,1H3,(H2,28,32)(H,31,33)/t14-,19-,20+/m0/s1. The van der Waals surface area contributed by atoms with Crippen LogP contribution in [0.25, 0.3) is 0 Å². The van der Waals surface area contributed by atoms with E-state index < -0.39 is 47.8 Å². The first kappa shape index (κ1) is 25.1. The predicted octanol–water partition coefficient (Wildman–Crippen LogP) is 4.15. The molecule has 0 saturated heterocycles. The van der Waals surface area contributed by atoms with Crippen LogP contribution >= 0.6 is 11.8 Å². The van der Waals surface area contributed by atoms with Gasteiger partial charge in [0.05, 0.1) is 28.4 Å². The third-order valence-electron chi connectivity index (χ3n) is 5.94. The van der Waals surface area contributed by atoms with Crippen LogP contribution in [0.4, 0.5) is 32.0 Å². The largest absolute Gasteiger partial charge is 0.485 e. The van der Waals surface area contributed by atoms with Crippen LogP contribution in [0, 0.1) is 11.9 Å². The molecule has 1 aliphatic heterocycles. The number of aliphatic imine (C=N–C) groups is 1. The van der Waals surface area contributed by atoms with E-state index in [9.17, 15) is 31.1 Å². The van der Waals surface area contributed by atoms with Gasteiger partial charge in [-0.1, -0.05) is 11.8 Å². The number of nitrogens with two attached hydrogens (primary N) is 1. The predicted molar refractivity (Wildman–Crippen MR) is 116 cm³/mol. The average Bonchev–Trinajstić information content (AvgIpc) is 3.55. The Kier molecular flexibility index (Phi) is 6.36. The lowest BCUT2D eigenvalue weighted by molar-refractivity contribution is -0.148.